The first-order valence-corrected chi connectivity index (χ1v) is 10.3. The zero-order valence-corrected chi connectivity index (χ0v) is 17.3. The van der Waals surface area contributed by atoms with E-state index in [1.54, 1.807) is 4.90 Å². The van der Waals surface area contributed by atoms with Gasteiger partial charge in [-0.05, 0) is 51.4 Å². The summed E-state index contributed by atoms with van der Waals surface area (Å²) in [6.07, 6.45) is 9.01. The number of carbonyl (C=O) groups is 2. The van der Waals surface area contributed by atoms with E-state index in [2.05, 4.69) is 6.92 Å². The van der Waals surface area contributed by atoms with Gasteiger partial charge in [-0.15, -0.1) is 0 Å². The quantitative estimate of drug-likeness (QED) is 0.671. The van der Waals surface area contributed by atoms with Gasteiger partial charge < -0.3 is 9.47 Å². The molecule has 1 saturated heterocycles. The number of likely N-dealkylation sites (tertiary alicyclic amines) is 1. The third-order valence-electron chi connectivity index (χ3n) is 5.93. The van der Waals surface area contributed by atoms with Gasteiger partial charge in [0.15, 0.2) is 0 Å². The van der Waals surface area contributed by atoms with Crippen LogP contribution in [0.4, 0.5) is 4.79 Å². The van der Waals surface area contributed by atoms with Crippen LogP contribution in [0.1, 0.15) is 79.1 Å². The summed E-state index contributed by atoms with van der Waals surface area (Å²) in [6.45, 7) is 8.45. The number of hydrogen-bond donors (Lipinski definition) is 0. The number of amides is 1. The summed E-state index contributed by atoms with van der Waals surface area (Å²) in [4.78, 5) is 26.3. The molecular weight excluding hydrogens is 330 g/mol. The van der Waals surface area contributed by atoms with Crippen LogP contribution in [0.5, 0.6) is 0 Å². The molecule has 5 nitrogen and oxygen atoms in total. The lowest BCUT2D eigenvalue weighted by atomic mass is 9.78. The van der Waals surface area contributed by atoms with Crippen molar-refractivity contribution in [1.82, 2.24) is 4.90 Å². The Morgan fingerprint density at radius 2 is 1.62 bits per heavy atom. The Morgan fingerprint density at radius 1 is 1.00 bits per heavy atom. The average Bonchev–Trinajstić information content (AvgIpc) is 2.58. The van der Waals surface area contributed by atoms with E-state index in [0.717, 1.165) is 24.7 Å². The van der Waals surface area contributed by atoms with Crippen LogP contribution in [0.3, 0.4) is 0 Å². The van der Waals surface area contributed by atoms with E-state index in [1.165, 1.54) is 39.2 Å². The minimum atomic E-state index is -0.563. The van der Waals surface area contributed by atoms with E-state index < -0.39 is 17.7 Å². The number of hydrogen-bond acceptors (Lipinski definition) is 4. The maximum atomic E-state index is 12.5. The van der Waals surface area contributed by atoms with Crippen molar-refractivity contribution in [1.29, 1.82) is 0 Å². The summed E-state index contributed by atoms with van der Waals surface area (Å²) < 4.78 is 10.4. The van der Waals surface area contributed by atoms with Crippen molar-refractivity contribution in [3.63, 3.8) is 0 Å². The molecule has 2 fully saturated rings. The van der Waals surface area contributed by atoms with E-state index in [1.807, 2.05) is 20.8 Å². The topological polar surface area (TPSA) is 55.8 Å². The first-order chi connectivity index (χ1) is 12.2. The normalized spacial score (nSPS) is 30.0. The van der Waals surface area contributed by atoms with Crippen LogP contribution >= 0.6 is 0 Å². The van der Waals surface area contributed by atoms with Crippen molar-refractivity contribution < 1.29 is 19.1 Å². The van der Waals surface area contributed by atoms with Crippen molar-refractivity contribution in [2.75, 3.05) is 13.7 Å². The van der Waals surface area contributed by atoms with Crippen LogP contribution in [-0.2, 0) is 14.3 Å². The lowest BCUT2D eigenvalue weighted by Gasteiger charge is -2.39. The Bertz CT molecular complexity index is 477. The molecule has 26 heavy (non-hydrogen) atoms. The van der Waals surface area contributed by atoms with Gasteiger partial charge in [0, 0.05) is 6.54 Å². The summed E-state index contributed by atoms with van der Waals surface area (Å²) in [6, 6.07) is -0.514. The van der Waals surface area contributed by atoms with Gasteiger partial charge in [0.25, 0.3) is 0 Å². The van der Waals surface area contributed by atoms with Gasteiger partial charge in [-0.2, -0.15) is 0 Å². The van der Waals surface area contributed by atoms with Gasteiger partial charge in [0.1, 0.15) is 11.6 Å². The molecule has 1 saturated carbocycles. The second-order valence-electron chi connectivity index (χ2n) is 9.31. The van der Waals surface area contributed by atoms with Crippen LogP contribution in [0, 0.1) is 17.8 Å². The number of esters is 1. The molecule has 2 atom stereocenters. The minimum Gasteiger partial charge on any atom is -0.467 e. The van der Waals surface area contributed by atoms with Gasteiger partial charge in [-0.3, -0.25) is 4.90 Å². The number of ether oxygens (including phenoxy) is 2. The summed E-state index contributed by atoms with van der Waals surface area (Å²) in [5, 5.41) is 0. The van der Waals surface area contributed by atoms with E-state index >= 15 is 0 Å². The summed E-state index contributed by atoms with van der Waals surface area (Å²) in [5.74, 6) is 1.88. The molecule has 0 spiro atoms. The SMILES string of the molecule is COC(=O)C1CC(CCC2CCC(C)CC2)CCN1C(=O)OC(C)(C)C. The predicted octanol–water partition coefficient (Wildman–Crippen LogP) is 4.78. The van der Waals surface area contributed by atoms with Gasteiger partial charge in [0.2, 0.25) is 0 Å². The van der Waals surface area contributed by atoms with Crippen LogP contribution in [0.15, 0.2) is 0 Å². The van der Waals surface area contributed by atoms with Crippen molar-refractivity contribution in [2.24, 2.45) is 17.8 Å². The number of carbonyl (C=O) groups excluding carboxylic acids is 2. The highest BCUT2D eigenvalue weighted by Crippen LogP contribution is 2.35. The Labute approximate surface area is 158 Å². The fourth-order valence-corrected chi connectivity index (χ4v) is 4.29. The molecule has 1 aliphatic heterocycles. The molecule has 0 aromatic carbocycles. The Balaban J connectivity index is 1.90. The second-order valence-corrected chi connectivity index (χ2v) is 9.31. The highest BCUT2D eigenvalue weighted by atomic mass is 16.6. The van der Waals surface area contributed by atoms with Crippen molar-refractivity contribution in [3.05, 3.63) is 0 Å². The first-order valence-electron chi connectivity index (χ1n) is 10.3. The molecule has 1 aliphatic carbocycles. The van der Waals surface area contributed by atoms with Gasteiger partial charge in [-0.25, -0.2) is 9.59 Å². The maximum Gasteiger partial charge on any atom is 0.411 e. The molecule has 0 aromatic heterocycles. The Kier molecular flexibility index (Phi) is 7.36. The number of rotatable bonds is 4. The van der Waals surface area contributed by atoms with Crippen molar-refractivity contribution >= 4 is 12.1 Å². The Hall–Kier alpha value is -1.26. The molecule has 150 valence electrons. The molecule has 0 N–H and O–H groups in total. The number of nitrogens with zero attached hydrogens (tertiary/aromatic N) is 1. The first kappa shape index (κ1) is 21.0. The monoisotopic (exact) mass is 367 g/mol. The van der Waals surface area contributed by atoms with Crippen LogP contribution in [-0.4, -0.2) is 42.3 Å². The van der Waals surface area contributed by atoms with Gasteiger partial charge in [-0.1, -0.05) is 45.4 Å². The van der Waals surface area contributed by atoms with E-state index in [0.29, 0.717) is 18.9 Å². The predicted molar refractivity (Wildman–Crippen MR) is 102 cm³/mol. The molecule has 2 rings (SSSR count). The van der Waals surface area contributed by atoms with Gasteiger partial charge >= 0.3 is 12.1 Å². The average molecular weight is 368 g/mol. The molecular formula is C21H37NO4. The largest absolute Gasteiger partial charge is 0.467 e. The van der Waals surface area contributed by atoms with E-state index in [-0.39, 0.29) is 5.97 Å². The Morgan fingerprint density at radius 3 is 2.19 bits per heavy atom. The minimum absolute atomic E-state index is 0.327. The van der Waals surface area contributed by atoms with Crippen LogP contribution in [0.2, 0.25) is 0 Å². The molecule has 2 unspecified atom stereocenters. The van der Waals surface area contributed by atoms with Crippen LogP contribution in [0.25, 0.3) is 0 Å². The molecule has 2 aliphatic rings. The highest BCUT2D eigenvalue weighted by Gasteiger charge is 2.39. The van der Waals surface area contributed by atoms with E-state index in [9.17, 15) is 9.59 Å². The summed E-state index contributed by atoms with van der Waals surface area (Å²) in [7, 11) is 1.39. The van der Waals surface area contributed by atoms with Crippen LogP contribution < -0.4 is 0 Å². The molecule has 1 heterocycles. The molecule has 0 aromatic rings. The third kappa shape index (κ3) is 6.17. The zero-order chi connectivity index (χ0) is 19.3. The highest BCUT2D eigenvalue weighted by molar-refractivity contribution is 5.81. The summed E-state index contributed by atoms with van der Waals surface area (Å²) in [5.41, 5.74) is -0.563. The zero-order valence-electron chi connectivity index (χ0n) is 17.3. The molecule has 5 heteroatoms. The third-order valence-corrected chi connectivity index (χ3v) is 5.93. The molecule has 1 amide bonds. The fraction of sp³-hybridized carbons (Fsp3) is 0.905. The number of piperidine rings is 1. The van der Waals surface area contributed by atoms with Crippen molar-refractivity contribution in [3.8, 4) is 0 Å². The standard InChI is InChI=1S/C21H37NO4/c1-15-6-8-16(9-7-15)10-11-17-12-13-22(18(14-17)19(23)25-5)20(24)26-21(2,3)4/h15-18H,6-14H2,1-5H3. The lowest BCUT2D eigenvalue weighted by molar-refractivity contribution is -0.149. The summed E-state index contributed by atoms with van der Waals surface area (Å²) >= 11 is 0. The lowest BCUT2D eigenvalue weighted by Crippen LogP contribution is -2.52. The number of methoxy groups -OCH3 is 1. The molecule has 0 radical (unpaired) electrons. The second kappa shape index (κ2) is 9.09. The fourth-order valence-electron chi connectivity index (χ4n) is 4.29. The molecule has 0 bridgehead atoms. The van der Waals surface area contributed by atoms with Crippen molar-refractivity contribution in [2.45, 2.75) is 90.7 Å². The maximum absolute atomic E-state index is 12.5. The van der Waals surface area contributed by atoms with Gasteiger partial charge in [0.05, 0.1) is 7.11 Å². The van der Waals surface area contributed by atoms with E-state index in [4.69, 9.17) is 9.47 Å². The smallest absolute Gasteiger partial charge is 0.411 e.